The quantitative estimate of drug-likeness (QED) is 0.112. The van der Waals surface area contributed by atoms with Gasteiger partial charge in [-0.05, 0) is 25.7 Å². The van der Waals surface area contributed by atoms with Crippen LogP contribution < -0.4 is 0 Å². The molecule has 0 saturated carbocycles. The van der Waals surface area contributed by atoms with Crippen molar-refractivity contribution in [2.45, 2.75) is 143 Å². The monoisotopic (exact) mass is 397 g/mol. The van der Waals surface area contributed by atoms with E-state index in [4.69, 9.17) is 4.74 Å². The predicted octanol–water partition coefficient (Wildman–Crippen LogP) is 7.87. The molecular formula is C25H51NO2. The van der Waals surface area contributed by atoms with Gasteiger partial charge < -0.3 is 4.74 Å². The van der Waals surface area contributed by atoms with Gasteiger partial charge in [-0.1, -0.05) is 105 Å². The summed E-state index contributed by atoms with van der Waals surface area (Å²) in [6, 6.07) is 0. The lowest BCUT2D eigenvalue weighted by Gasteiger charge is -2.31. The van der Waals surface area contributed by atoms with Crippen molar-refractivity contribution in [3.63, 3.8) is 0 Å². The Kier molecular flexibility index (Phi) is 20.7. The summed E-state index contributed by atoms with van der Waals surface area (Å²) in [5.41, 5.74) is 0. The SMILES string of the molecule is CCCCCCCCN(CCCCCCCC)C(CCCCC)OC(=O)CC. The number of esters is 1. The molecule has 0 saturated heterocycles. The Morgan fingerprint density at radius 2 is 1.07 bits per heavy atom. The van der Waals surface area contributed by atoms with Crippen molar-refractivity contribution in [3.8, 4) is 0 Å². The molecule has 0 aliphatic rings. The summed E-state index contributed by atoms with van der Waals surface area (Å²) in [4.78, 5) is 14.5. The van der Waals surface area contributed by atoms with Gasteiger partial charge in [-0.15, -0.1) is 0 Å². The minimum Gasteiger partial charge on any atom is -0.446 e. The van der Waals surface area contributed by atoms with Gasteiger partial charge in [0.05, 0.1) is 0 Å². The lowest BCUT2D eigenvalue weighted by molar-refractivity contribution is -0.160. The number of hydrogen-bond acceptors (Lipinski definition) is 3. The van der Waals surface area contributed by atoms with Gasteiger partial charge in [0.1, 0.15) is 0 Å². The molecule has 28 heavy (non-hydrogen) atoms. The Bertz CT molecular complexity index is 317. The summed E-state index contributed by atoms with van der Waals surface area (Å²) in [7, 11) is 0. The fourth-order valence-electron chi connectivity index (χ4n) is 3.71. The van der Waals surface area contributed by atoms with Crippen LogP contribution in [0.4, 0.5) is 0 Å². The van der Waals surface area contributed by atoms with Gasteiger partial charge >= 0.3 is 5.97 Å². The molecule has 0 amide bonds. The van der Waals surface area contributed by atoms with Crippen molar-refractivity contribution in [1.82, 2.24) is 4.90 Å². The number of rotatable bonds is 21. The van der Waals surface area contributed by atoms with E-state index in [0.717, 1.165) is 25.9 Å². The summed E-state index contributed by atoms with van der Waals surface area (Å²) >= 11 is 0. The van der Waals surface area contributed by atoms with Crippen LogP contribution in [-0.2, 0) is 9.53 Å². The number of ether oxygens (including phenoxy) is 1. The lowest BCUT2D eigenvalue weighted by Crippen LogP contribution is -2.40. The molecule has 3 nitrogen and oxygen atoms in total. The maximum absolute atomic E-state index is 12.0. The van der Waals surface area contributed by atoms with Crippen molar-refractivity contribution in [2.75, 3.05) is 13.1 Å². The second kappa shape index (κ2) is 21.1. The third-order valence-electron chi connectivity index (χ3n) is 5.62. The van der Waals surface area contributed by atoms with Crippen molar-refractivity contribution in [2.24, 2.45) is 0 Å². The molecule has 0 spiro atoms. The summed E-state index contributed by atoms with van der Waals surface area (Å²) in [5, 5.41) is 0. The molecule has 0 aromatic rings. The van der Waals surface area contributed by atoms with Gasteiger partial charge in [0.2, 0.25) is 0 Å². The van der Waals surface area contributed by atoms with Crippen LogP contribution in [0.25, 0.3) is 0 Å². The van der Waals surface area contributed by atoms with Gasteiger partial charge in [-0.2, -0.15) is 0 Å². The highest BCUT2D eigenvalue weighted by atomic mass is 16.6. The highest BCUT2D eigenvalue weighted by Gasteiger charge is 2.21. The van der Waals surface area contributed by atoms with E-state index >= 15 is 0 Å². The van der Waals surface area contributed by atoms with Crippen LogP contribution in [0.15, 0.2) is 0 Å². The number of carbonyl (C=O) groups excluding carboxylic acids is 1. The second-order valence-electron chi connectivity index (χ2n) is 8.37. The average molecular weight is 398 g/mol. The molecule has 0 heterocycles. The molecule has 0 aromatic carbocycles. The number of unbranched alkanes of at least 4 members (excludes halogenated alkanes) is 12. The molecule has 3 heteroatoms. The van der Waals surface area contributed by atoms with Crippen LogP contribution in [0.2, 0.25) is 0 Å². The molecule has 0 aliphatic carbocycles. The minimum atomic E-state index is -0.0441. The molecule has 1 atom stereocenters. The van der Waals surface area contributed by atoms with E-state index in [9.17, 15) is 4.79 Å². The van der Waals surface area contributed by atoms with Crippen molar-refractivity contribution >= 4 is 5.97 Å². The van der Waals surface area contributed by atoms with Gasteiger partial charge in [0, 0.05) is 19.5 Å². The Morgan fingerprint density at radius 1 is 0.643 bits per heavy atom. The molecule has 0 N–H and O–H groups in total. The Hall–Kier alpha value is -0.570. The highest BCUT2D eigenvalue weighted by Crippen LogP contribution is 2.17. The normalized spacial score (nSPS) is 12.5. The Labute approximate surface area is 177 Å². The van der Waals surface area contributed by atoms with Crippen LogP contribution >= 0.6 is 0 Å². The zero-order valence-corrected chi connectivity index (χ0v) is 19.8. The second-order valence-corrected chi connectivity index (χ2v) is 8.37. The smallest absolute Gasteiger partial charge is 0.307 e. The summed E-state index contributed by atoms with van der Waals surface area (Å²) in [5.74, 6) is -0.0441. The van der Waals surface area contributed by atoms with Crippen LogP contribution in [0, 0.1) is 0 Å². The third kappa shape index (κ3) is 16.4. The van der Waals surface area contributed by atoms with Gasteiger partial charge in [0.25, 0.3) is 0 Å². The van der Waals surface area contributed by atoms with Crippen LogP contribution in [-0.4, -0.2) is 30.2 Å². The standard InChI is InChI=1S/C25H51NO2/c1-5-9-12-14-16-19-22-26(23-20-17-15-13-10-6-2)24(21-18-11-7-3)28-25(27)8-4/h24H,5-23H2,1-4H3. The first-order valence-electron chi connectivity index (χ1n) is 12.6. The minimum absolute atomic E-state index is 0.00900. The van der Waals surface area contributed by atoms with Crippen LogP contribution in [0.3, 0.4) is 0 Å². The molecule has 0 rings (SSSR count). The zero-order valence-electron chi connectivity index (χ0n) is 19.8. The first kappa shape index (κ1) is 27.4. The molecule has 168 valence electrons. The zero-order chi connectivity index (χ0) is 20.9. The largest absolute Gasteiger partial charge is 0.446 e. The molecular weight excluding hydrogens is 346 g/mol. The number of nitrogens with zero attached hydrogens (tertiary/aromatic N) is 1. The van der Waals surface area contributed by atoms with E-state index in [1.165, 1.54) is 89.9 Å². The molecule has 0 aliphatic heterocycles. The maximum Gasteiger partial charge on any atom is 0.307 e. The fourth-order valence-corrected chi connectivity index (χ4v) is 3.71. The third-order valence-corrected chi connectivity index (χ3v) is 5.62. The van der Waals surface area contributed by atoms with E-state index < -0.39 is 0 Å². The Morgan fingerprint density at radius 3 is 1.54 bits per heavy atom. The van der Waals surface area contributed by atoms with Crippen LogP contribution in [0.1, 0.15) is 137 Å². The van der Waals surface area contributed by atoms with Crippen molar-refractivity contribution < 1.29 is 9.53 Å². The Balaban J connectivity index is 4.57. The number of carbonyl (C=O) groups is 1. The lowest BCUT2D eigenvalue weighted by atomic mass is 10.1. The first-order chi connectivity index (χ1) is 13.7. The van der Waals surface area contributed by atoms with Crippen molar-refractivity contribution in [3.05, 3.63) is 0 Å². The molecule has 1 unspecified atom stereocenters. The van der Waals surface area contributed by atoms with Gasteiger partial charge in [-0.3, -0.25) is 9.69 Å². The summed E-state index contributed by atoms with van der Waals surface area (Å²) < 4.78 is 5.89. The van der Waals surface area contributed by atoms with E-state index in [0.29, 0.717) is 6.42 Å². The van der Waals surface area contributed by atoms with Gasteiger partial charge in [0.15, 0.2) is 6.23 Å². The van der Waals surface area contributed by atoms with Gasteiger partial charge in [-0.25, -0.2) is 0 Å². The molecule has 0 aromatic heterocycles. The van der Waals surface area contributed by atoms with Crippen LogP contribution in [0.5, 0.6) is 0 Å². The highest BCUT2D eigenvalue weighted by molar-refractivity contribution is 5.69. The number of hydrogen-bond donors (Lipinski definition) is 0. The van der Waals surface area contributed by atoms with E-state index in [1.807, 2.05) is 6.92 Å². The first-order valence-corrected chi connectivity index (χ1v) is 12.6. The van der Waals surface area contributed by atoms with Crippen molar-refractivity contribution in [1.29, 1.82) is 0 Å². The van der Waals surface area contributed by atoms with E-state index in [2.05, 4.69) is 25.7 Å². The topological polar surface area (TPSA) is 29.5 Å². The summed E-state index contributed by atoms with van der Waals surface area (Å²) in [6.45, 7) is 10.8. The molecule has 0 fully saturated rings. The van der Waals surface area contributed by atoms with E-state index in [1.54, 1.807) is 0 Å². The fraction of sp³-hybridized carbons (Fsp3) is 0.960. The molecule has 0 radical (unpaired) electrons. The molecule has 0 bridgehead atoms. The van der Waals surface area contributed by atoms with E-state index in [-0.39, 0.29) is 12.2 Å². The summed E-state index contributed by atoms with van der Waals surface area (Å²) in [6.07, 6.45) is 20.8. The maximum atomic E-state index is 12.0. The predicted molar refractivity (Wildman–Crippen MR) is 123 cm³/mol. The average Bonchev–Trinajstić information content (AvgIpc) is 2.70.